The van der Waals surface area contributed by atoms with Gasteiger partial charge in [-0.05, 0) is 31.0 Å². The van der Waals surface area contributed by atoms with E-state index in [1.54, 1.807) is 30.0 Å². The number of carbonyl (C=O) groups is 1. The van der Waals surface area contributed by atoms with E-state index in [2.05, 4.69) is 5.32 Å². The monoisotopic (exact) mass is 303 g/mol. The molecule has 1 aromatic rings. The van der Waals surface area contributed by atoms with Crippen molar-refractivity contribution in [1.82, 2.24) is 0 Å². The van der Waals surface area contributed by atoms with E-state index < -0.39 is 0 Å². The van der Waals surface area contributed by atoms with Crippen LogP contribution in [0.15, 0.2) is 18.2 Å². The van der Waals surface area contributed by atoms with E-state index in [9.17, 15) is 4.79 Å². The van der Waals surface area contributed by atoms with Gasteiger partial charge in [0.1, 0.15) is 0 Å². The van der Waals surface area contributed by atoms with Crippen LogP contribution in [0.25, 0.3) is 0 Å². The number of carbonyl (C=O) groups excluding carboxylic acids is 1. The summed E-state index contributed by atoms with van der Waals surface area (Å²) in [5.41, 5.74) is 0.623. The number of anilines is 1. The van der Waals surface area contributed by atoms with E-state index in [1.807, 2.05) is 0 Å². The molecule has 0 unspecified atom stereocenters. The van der Waals surface area contributed by atoms with Gasteiger partial charge in [-0.25, -0.2) is 0 Å². The first-order valence-electron chi connectivity index (χ1n) is 6.01. The van der Waals surface area contributed by atoms with Crippen LogP contribution in [-0.2, 0) is 4.79 Å². The zero-order chi connectivity index (χ0) is 13.0. The summed E-state index contributed by atoms with van der Waals surface area (Å²) in [6, 6.07) is 5.07. The fourth-order valence-electron chi connectivity index (χ4n) is 2.03. The van der Waals surface area contributed by atoms with Gasteiger partial charge in [0.25, 0.3) is 0 Å². The number of hydrogen-bond acceptors (Lipinski definition) is 2. The quantitative estimate of drug-likeness (QED) is 0.880. The maximum Gasteiger partial charge on any atom is 0.234 e. The Morgan fingerprint density at radius 3 is 2.72 bits per heavy atom. The third kappa shape index (κ3) is 4.08. The molecule has 2 rings (SSSR count). The summed E-state index contributed by atoms with van der Waals surface area (Å²) >= 11 is 13.5. The number of hydrogen-bond donors (Lipinski definition) is 1. The Kier molecular flexibility index (Phi) is 5.22. The fourth-order valence-corrected chi connectivity index (χ4v) is 3.61. The SMILES string of the molecule is O=C(CSC1CCCC1)Nc1ccc(Cl)cc1Cl. The molecule has 1 amide bonds. The number of rotatable bonds is 4. The lowest BCUT2D eigenvalue weighted by molar-refractivity contribution is -0.113. The van der Waals surface area contributed by atoms with Crippen LogP contribution < -0.4 is 5.32 Å². The van der Waals surface area contributed by atoms with Gasteiger partial charge in [-0.1, -0.05) is 36.0 Å². The van der Waals surface area contributed by atoms with Crippen LogP contribution in [-0.4, -0.2) is 16.9 Å². The molecule has 1 saturated carbocycles. The highest BCUT2D eigenvalue weighted by Crippen LogP contribution is 2.30. The van der Waals surface area contributed by atoms with E-state index in [0.717, 1.165) is 0 Å². The summed E-state index contributed by atoms with van der Waals surface area (Å²) < 4.78 is 0. The van der Waals surface area contributed by atoms with Gasteiger partial charge < -0.3 is 5.32 Å². The number of amides is 1. The zero-order valence-corrected chi connectivity index (χ0v) is 12.2. The smallest absolute Gasteiger partial charge is 0.234 e. The molecule has 98 valence electrons. The van der Waals surface area contributed by atoms with Crippen LogP contribution in [0.2, 0.25) is 10.0 Å². The van der Waals surface area contributed by atoms with Crippen molar-refractivity contribution in [3.8, 4) is 0 Å². The number of benzene rings is 1. The topological polar surface area (TPSA) is 29.1 Å². The van der Waals surface area contributed by atoms with Crippen molar-refractivity contribution in [2.75, 3.05) is 11.1 Å². The minimum absolute atomic E-state index is 0.00359. The highest BCUT2D eigenvalue weighted by Gasteiger charge is 2.16. The Bertz CT molecular complexity index is 433. The fraction of sp³-hybridized carbons (Fsp3) is 0.462. The molecule has 0 spiro atoms. The zero-order valence-electron chi connectivity index (χ0n) is 9.92. The second kappa shape index (κ2) is 6.69. The molecule has 0 aromatic heterocycles. The lowest BCUT2D eigenvalue weighted by Gasteiger charge is -2.10. The predicted octanol–water partition coefficient (Wildman–Crippen LogP) is 4.61. The van der Waals surface area contributed by atoms with Crippen molar-refractivity contribution in [3.63, 3.8) is 0 Å². The van der Waals surface area contributed by atoms with Crippen molar-refractivity contribution in [3.05, 3.63) is 28.2 Å². The first kappa shape index (κ1) is 14.0. The Labute approximate surface area is 121 Å². The van der Waals surface area contributed by atoms with E-state index >= 15 is 0 Å². The Morgan fingerprint density at radius 2 is 2.06 bits per heavy atom. The molecule has 5 heteroatoms. The summed E-state index contributed by atoms with van der Waals surface area (Å²) in [5.74, 6) is 0.486. The van der Waals surface area contributed by atoms with Gasteiger partial charge in [0, 0.05) is 10.3 Å². The van der Waals surface area contributed by atoms with Crippen LogP contribution in [0.4, 0.5) is 5.69 Å². The maximum absolute atomic E-state index is 11.8. The van der Waals surface area contributed by atoms with Crippen molar-refractivity contribution in [2.45, 2.75) is 30.9 Å². The Morgan fingerprint density at radius 1 is 1.33 bits per heavy atom. The highest BCUT2D eigenvalue weighted by molar-refractivity contribution is 8.00. The normalized spacial score (nSPS) is 15.9. The summed E-state index contributed by atoms with van der Waals surface area (Å²) in [7, 11) is 0. The number of thioether (sulfide) groups is 1. The second-order valence-electron chi connectivity index (χ2n) is 4.39. The lowest BCUT2D eigenvalue weighted by Crippen LogP contribution is -2.16. The van der Waals surface area contributed by atoms with Gasteiger partial charge >= 0.3 is 0 Å². The number of halogens is 2. The summed E-state index contributed by atoms with van der Waals surface area (Å²) in [6.45, 7) is 0. The molecular weight excluding hydrogens is 289 g/mol. The molecule has 2 nitrogen and oxygen atoms in total. The number of nitrogens with one attached hydrogen (secondary N) is 1. The maximum atomic E-state index is 11.8. The van der Waals surface area contributed by atoms with Gasteiger partial charge in [0.05, 0.1) is 16.5 Å². The molecule has 1 aromatic carbocycles. The summed E-state index contributed by atoms with van der Waals surface area (Å²) in [4.78, 5) is 11.8. The molecule has 0 radical (unpaired) electrons. The van der Waals surface area contributed by atoms with Gasteiger partial charge in [0.2, 0.25) is 5.91 Å². The van der Waals surface area contributed by atoms with Gasteiger partial charge in [-0.3, -0.25) is 4.79 Å². The van der Waals surface area contributed by atoms with E-state index in [-0.39, 0.29) is 5.91 Å². The van der Waals surface area contributed by atoms with E-state index in [4.69, 9.17) is 23.2 Å². The molecule has 0 saturated heterocycles. The van der Waals surface area contributed by atoms with E-state index in [1.165, 1.54) is 25.7 Å². The predicted molar refractivity (Wildman–Crippen MR) is 79.8 cm³/mol. The van der Waals surface area contributed by atoms with Crippen molar-refractivity contribution in [1.29, 1.82) is 0 Å². The molecule has 1 fully saturated rings. The summed E-state index contributed by atoms with van der Waals surface area (Å²) in [5, 5.41) is 4.50. The molecule has 0 heterocycles. The molecule has 1 aliphatic rings. The van der Waals surface area contributed by atoms with E-state index in [0.29, 0.717) is 26.7 Å². The molecular formula is C13H15Cl2NOS. The second-order valence-corrected chi connectivity index (χ2v) is 6.52. The molecule has 1 N–H and O–H groups in total. The van der Waals surface area contributed by atoms with Crippen LogP contribution in [0, 0.1) is 0 Å². The Hall–Kier alpha value is -0.380. The molecule has 0 aliphatic heterocycles. The van der Waals surface area contributed by atoms with Crippen LogP contribution in [0.1, 0.15) is 25.7 Å². The third-order valence-electron chi connectivity index (χ3n) is 2.96. The highest BCUT2D eigenvalue weighted by atomic mass is 35.5. The van der Waals surface area contributed by atoms with Crippen LogP contribution in [0.3, 0.4) is 0 Å². The first-order chi connectivity index (χ1) is 8.65. The molecule has 1 aliphatic carbocycles. The van der Waals surface area contributed by atoms with Crippen molar-refractivity contribution >= 4 is 46.6 Å². The van der Waals surface area contributed by atoms with Gasteiger partial charge in [-0.2, -0.15) is 0 Å². The standard InChI is InChI=1S/C13H15Cl2NOS/c14-9-5-6-12(11(15)7-9)16-13(17)8-18-10-3-1-2-4-10/h5-7,10H,1-4,8H2,(H,16,17). The first-order valence-corrected chi connectivity index (χ1v) is 7.82. The van der Waals surface area contributed by atoms with Gasteiger partial charge in [-0.15, -0.1) is 11.8 Å². The van der Waals surface area contributed by atoms with Gasteiger partial charge in [0.15, 0.2) is 0 Å². The van der Waals surface area contributed by atoms with Crippen LogP contribution >= 0.6 is 35.0 Å². The Balaban J connectivity index is 1.82. The summed E-state index contributed by atoms with van der Waals surface area (Å²) in [6.07, 6.45) is 5.06. The minimum Gasteiger partial charge on any atom is -0.324 e. The molecule has 18 heavy (non-hydrogen) atoms. The molecule has 0 atom stereocenters. The average Bonchev–Trinajstić information content (AvgIpc) is 2.83. The van der Waals surface area contributed by atoms with Crippen molar-refractivity contribution < 1.29 is 4.79 Å². The molecule has 0 bridgehead atoms. The lowest BCUT2D eigenvalue weighted by atomic mass is 10.3. The largest absolute Gasteiger partial charge is 0.324 e. The minimum atomic E-state index is -0.00359. The van der Waals surface area contributed by atoms with Crippen molar-refractivity contribution in [2.24, 2.45) is 0 Å². The third-order valence-corrected chi connectivity index (χ3v) is 4.88. The average molecular weight is 304 g/mol. The van der Waals surface area contributed by atoms with Crippen LogP contribution in [0.5, 0.6) is 0 Å².